The van der Waals surface area contributed by atoms with Crippen molar-refractivity contribution in [2.45, 2.75) is 13.0 Å². The quantitative estimate of drug-likeness (QED) is 0.596. The summed E-state index contributed by atoms with van der Waals surface area (Å²) in [6.07, 6.45) is 0. The highest BCUT2D eigenvalue weighted by atomic mass is 35.5. The second-order valence-corrected chi connectivity index (χ2v) is 7.39. The van der Waals surface area contributed by atoms with E-state index in [9.17, 15) is 4.79 Å². The van der Waals surface area contributed by atoms with Crippen LogP contribution in [0, 0.1) is 0 Å². The number of para-hydroxylation sites is 1. The van der Waals surface area contributed by atoms with Crippen LogP contribution in [0.4, 0.5) is 0 Å². The Kier molecular flexibility index (Phi) is 5.47. The molecular formula is C18H16Cl2N2O2S. The van der Waals surface area contributed by atoms with Crippen molar-refractivity contribution < 1.29 is 9.53 Å². The van der Waals surface area contributed by atoms with Crippen molar-refractivity contribution in [3.8, 4) is 5.75 Å². The molecule has 0 aliphatic rings. The Morgan fingerprint density at radius 1 is 1.24 bits per heavy atom. The predicted molar refractivity (Wildman–Crippen MR) is 103 cm³/mol. The molecule has 0 aliphatic carbocycles. The molecule has 0 bridgehead atoms. The van der Waals surface area contributed by atoms with E-state index in [-0.39, 0.29) is 18.6 Å². The van der Waals surface area contributed by atoms with Gasteiger partial charge in [-0.15, -0.1) is 11.3 Å². The van der Waals surface area contributed by atoms with E-state index in [4.69, 9.17) is 27.9 Å². The summed E-state index contributed by atoms with van der Waals surface area (Å²) >= 11 is 13.6. The molecule has 3 aromatic rings. The summed E-state index contributed by atoms with van der Waals surface area (Å²) in [7, 11) is 1.74. The van der Waals surface area contributed by atoms with Gasteiger partial charge in [0.25, 0.3) is 5.91 Å². The lowest BCUT2D eigenvalue weighted by Crippen LogP contribution is -2.33. The van der Waals surface area contributed by atoms with E-state index in [2.05, 4.69) is 4.98 Å². The number of nitrogens with zero attached hydrogens (tertiary/aromatic N) is 2. The predicted octanol–water partition coefficient (Wildman–Crippen LogP) is 5.20. The van der Waals surface area contributed by atoms with Crippen LogP contribution in [0.15, 0.2) is 42.5 Å². The lowest BCUT2D eigenvalue weighted by molar-refractivity contribution is -0.134. The number of rotatable bonds is 5. The lowest BCUT2D eigenvalue weighted by atomic mass is 10.3. The molecule has 25 heavy (non-hydrogen) atoms. The summed E-state index contributed by atoms with van der Waals surface area (Å²) in [6, 6.07) is 12.8. The first kappa shape index (κ1) is 18.0. The van der Waals surface area contributed by atoms with Gasteiger partial charge >= 0.3 is 0 Å². The number of carbonyl (C=O) groups is 1. The molecule has 0 radical (unpaired) electrons. The van der Waals surface area contributed by atoms with E-state index in [1.165, 1.54) is 0 Å². The number of hydrogen-bond donors (Lipinski definition) is 0. The van der Waals surface area contributed by atoms with E-state index in [1.54, 1.807) is 41.5 Å². The Balaban J connectivity index is 1.68. The van der Waals surface area contributed by atoms with Gasteiger partial charge < -0.3 is 9.64 Å². The van der Waals surface area contributed by atoms with Crippen molar-refractivity contribution in [2.75, 3.05) is 13.7 Å². The molecule has 1 amide bonds. The number of carbonyl (C=O) groups excluding carboxylic acids is 1. The fourth-order valence-corrected chi connectivity index (χ4v) is 3.70. The number of benzene rings is 2. The summed E-state index contributed by atoms with van der Waals surface area (Å²) in [5.74, 6) is 0.228. The molecule has 3 rings (SSSR count). The molecular weight excluding hydrogens is 379 g/mol. The molecule has 1 atom stereocenters. The average molecular weight is 395 g/mol. The molecule has 0 fully saturated rings. The minimum atomic E-state index is -0.164. The lowest BCUT2D eigenvalue weighted by Gasteiger charge is -2.23. The molecule has 2 aromatic carbocycles. The first-order valence-electron chi connectivity index (χ1n) is 7.65. The van der Waals surface area contributed by atoms with Gasteiger partial charge in [0.15, 0.2) is 6.61 Å². The molecule has 0 spiro atoms. The standard InChI is InChI=1S/C18H16Cl2N2O2S/c1-11(18-21-13-7-3-4-9-15(13)25-18)22(2)16(23)10-24-14-8-5-6-12(19)17(14)20/h3-9,11H,10H2,1-2H3/t11-/m1/s1. The zero-order valence-electron chi connectivity index (χ0n) is 13.7. The average Bonchev–Trinajstić information content (AvgIpc) is 3.05. The van der Waals surface area contributed by atoms with Gasteiger partial charge in [-0.05, 0) is 31.2 Å². The molecule has 7 heteroatoms. The van der Waals surface area contributed by atoms with Crippen LogP contribution in [0.3, 0.4) is 0 Å². The van der Waals surface area contributed by atoms with Crippen molar-refractivity contribution in [1.29, 1.82) is 0 Å². The van der Waals surface area contributed by atoms with Gasteiger partial charge in [-0.3, -0.25) is 4.79 Å². The van der Waals surface area contributed by atoms with E-state index < -0.39 is 0 Å². The molecule has 0 N–H and O–H groups in total. The van der Waals surface area contributed by atoms with Crippen LogP contribution in [0.1, 0.15) is 18.0 Å². The Bertz CT molecular complexity index is 880. The highest BCUT2D eigenvalue weighted by molar-refractivity contribution is 7.18. The van der Waals surface area contributed by atoms with Gasteiger partial charge in [-0.1, -0.05) is 41.4 Å². The second-order valence-electron chi connectivity index (χ2n) is 5.54. The Morgan fingerprint density at radius 3 is 2.76 bits per heavy atom. The monoisotopic (exact) mass is 394 g/mol. The van der Waals surface area contributed by atoms with Gasteiger partial charge in [-0.2, -0.15) is 0 Å². The largest absolute Gasteiger partial charge is 0.482 e. The maximum absolute atomic E-state index is 12.4. The van der Waals surface area contributed by atoms with Gasteiger partial charge in [0, 0.05) is 7.05 Å². The number of aromatic nitrogens is 1. The zero-order chi connectivity index (χ0) is 18.0. The van der Waals surface area contributed by atoms with E-state index in [0.29, 0.717) is 15.8 Å². The number of halogens is 2. The van der Waals surface area contributed by atoms with Gasteiger partial charge in [0.1, 0.15) is 15.8 Å². The van der Waals surface area contributed by atoms with Gasteiger partial charge in [0.05, 0.1) is 21.3 Å². The van der Waals surface area contributed by atoms with Crippen molar-refractivity contribution in [1.82, 2.24) is 9.88 Å². The Labute approximate surface area is 159 Å². The minimum Gasteiger partial charge on any atom is -0.482 e. The first-order valence-corrected chi connectivity index (χ1v) is 9.22. The summed E-state index contributed by atoms with van der Waals surface area (Å²) in [6.45, 7) is 1.83. The number of ether oxygens (including phenoxy) is 1. The molecule has 1 aromatic heterocycles. The second kappa shape index (κ2) is 7.60. The SMILES string of the molecule is C[C@H](c1nc2ccccc2s1)N(C)C(=O)COc1cccc(Cl)c1Cl. The third-order valence-corrected chi connectivity index (χ3v) is 5.92. The fourth-order valence-electron chi connectivity index (χ4n) is 2.29. The normalized spacial score (nSPS) is 12.2. The molecule has 0 aliphatic heterocycles. The number of thiazole rings is 1. The smallest absolute Gasteiger partial charge is 0.260 e. The molecule has 0 unspecified atom stereocenters. The van der Waals surface area contributed by atoms with Crippen molar-refractivity contribution in [3.05, 3.63) is 57.5 Å². The van der Waals surface area contributed by atoms with Crippen LogP contribution in [0.25, 0.3) is 10.2 Å². The molecule has 4 nitrogen and oxygen atoms in total. The van der Waals surface area contributed by atoms with Crippen LogP contribution in [-0.4, -0.2) is 29.4 Å². The van der Waals surface area contributed by atoms with Crippen LogP contribution >= 0.6 is 34.5 Å². The summed E-state index contributed by atoms with van der Waals surface area (Å²) in [5.41, 5.74) is 0.942. The molecule has 130 valence electrons. The van der Waals surface area contributed by atoms with Crippen molar-refractivity contribution in [2.24, 2.45) is 0 Å². The summed E-state index contributed by atoms with van der Waals surface area (Å²) in [4.78, 5) is 18.7. The van der Waals surface area contributed by atoms with Crippen molar-refractivity contribution >= 4 is 50.7 Å². The highest BCUT2D eigenvalue weighted by Gasteiger charge is 2.21. The highest BCUT2D eigenvalue weighted by Crippen LogP contribution is 2.32. The maximum Gasteiger partial charge on any atom is 0.260 e. The van der Waals surface area contributed by atoms with E-state index in [0.717, 1.165) is 15.2 Å². The number of fused-ring (bicyclic) bond motifs is 1. The van der Waals surface area contributed by atoms with Gasteiger partial charge in [0.2, 0.25) is 0 Å². The number of hydrogen-bond acceptors (Lipinski definition) is 4. The maximum atomic E-state index is 12.4. The summed E-state index contributed by atoms with van der Waals surface area (Å²) < 4.78 is 6.62. The van der Waals surface area contributed by atoms with Crippen LogP contribution in [0.2, 0.25) is 10.0 Å². The van der Waals surface area contributed by atoms with E-state index in [1.807, 2.05) is 31.2 Å². The first-order chi connectivity index (χ1) is 12.0. The zero-order valence-corrected chi connectivity index (χ0v) is 16.0. The van der Waals surface area contributed by atoms with Crippen LogP contribution < -0.4 is 4.74 Å². The third kappa shape index (κ3) is 3.89. The topological polar surface area (TPSA) is 42.4 Å². The third-order valence-electron chi connectivity index (χ3n) is 3.91. The minimum absolute atomic E-state index is 0.119. The fraction of sp³-hybridized carbons (Fsp3) is 0.222. The number of likely N-dealkylation sites (N-methyl/N-ethyl adjacent to an activating group) is 1. The van der Waals surface area contributed by atoms with Crippen LogP contribution in [-0.2, 0) is 4.79 Å². The van der Waals surface area contributed by atoms with Gasteiger partial charge in [-0.25, -0.2) is 4.98 Å². The van der Waals surface area contributed by atoms with Crippen LogP contribution in [0.5, 0.6) is 5.75 Å². The molecule has 0 saturated heterocycles. The van der Waals surface area contributed by atoms with Crippen molar-refractivity contribution in [3.63, 3.8) is 0 Å². The molecule has 1 heterocycles. The van der Waals surface area contributed by atoms with E-state index >= 15 is 0 Å². The Hall–Kier alpha value is -1.82. The Morgan fingerprint density at radius 2 is 2.00 bits per heavy atom. The summed E-state index contributed by atoms with van der Waals surface area (Å²) in [5, 5.41) is 1.58. The number of amides is 1. The molecule has 0 saturated carbocycles.